The molecular weight excluding hydrogens is 314 g/mol. The van der Waals surface area contributed by atoms with Crippen molar-refractivity contribution in [2.75, 3.05) is 5.73 Å². The Morgan fingerprint density at radius 3 is 1.88 bits per heavy atom. The summed E-state index contributed by atoms with van der Waals surface area (Å²) in [4.78, 5) is 0. The fourth-order valence-corrected chi connectivity index (χ4v) is 3.52. The molecule has 1 heteroatoms. The molecule has 126 valence electrons. The van der Waals surface area contributed by atoms with Crippen molar-refractivity contribution in [2.45, 2.75) is 6.42 Å². The summed E-state index contributed by atoms with van der Waals surface area (Å²) < 4.78 is 0. The monoisotopic (exact) mass is 335 g/mol. The molecule has 0 unspecified atom stereocenters. The van der Waals surface area contributed by atoms with Crippen LogP contribution in [0.5, 0.6) is 0 Å². The lowest BCUT2D eigenvalue weighted by Crippen LogP contribution is -1.90. The van der Waals surface area contributed by atoms with Crippen LogP contribution in [-0.4, -0.2) is 0 Å². The maximum Gasteiger partial charge on any atom is 0.0320 e. The predicted octanol–water partition coefficient (Wildman–Crippen LogP) is 6.19. The van der Waals surface area contributed by atoms with E-state index in [2.05, 4.69) is 54.6 Å². The lowest BCUT2D eigenvalue weighted by Gasteiger charge is -2.09. The van der Waals surface area contributed by atoms with Gasteiger partial charge >= 0.3 is 0 Å². The largest absolute Gasteiger partial charge is 0.399 e. The van der Waals surface area contributed by atoms with E-state index in [1.54, 1.807) is 0 Å². The molecule has 0 heterocycles. The molecule has 0 aliphatic heterocycles. The summed E-state index contributed by atoms with van der Waals surface area (Å²) in [7, 11) is 0. The van der Waals surface area contributed by atoms with Crippen molar-refractivity contribution in [2.24, 2.45) is 0 Å². The molecule has 0 fully saturated rings. The SMILES string of the molecule is Nc1cccc(-c2cccc3c2Cc2ccccc2-3)c1.c1ccccc1. The first-order valence-corrected chi connectivity index (χ1v) is 8.89. The smallest absolute Gasteiger partial charge is 0.0320 e. The van der Waals surface area contributed by atoms with Crippen LogP contribution in [0, 0.1) is 0 Å². The van der Waals surface area contributed by atoms with Crippen LogP contribution < -0.4 is 5.73 Å². The van der Waals surface area contributed by atoms with Gasteiger partial charge in [-0.1, -0.05) is 91.0 Å². The standard InChI is InChI=1S/C19H15N.C6H6/c20-15-7-3-6-13(11-15)17-9-4-10-18-16-8-2-1-5-14(16)12-19(17)18;1-2-4-6-5-3-1/h1-11H,12,20H2;1-6H. The number of hydrogen-bond acceptors (Lipinski definition) is 1. The van der Waals surface area contributed by atoms with Crippen LogP contribution in [0.25, 0.3) is 22.3 Å². The number of nitrogens with two attached hydrogens (primary N) is 1. The first-order valence-electron chi connectivity index (χ1n) is 8.89. The van der Waals surface area contributed by atoms with Gasteiger partial charge in [0.1, 0.15) is 0 Å². The minimum Gasteiger partial charge on any atom is -0.399 e. The van der Waals surface area contributed by atoms with E-state index < -0.39 is 0 Å². The van der Waals surface area contributed by atoms with E-state index in [-0.39, 0.29) is 0 Å². The zero-order chi connectivity index (χ0) is 17.8. The third-order valence-corrected chi connectivity index (χ3v) is 4.72. The van der Waals surface area contributed by atoms with Crippen LogP contribution in [0.3, 0.4) is 0 Å². The van der Waals surface area contributed by atoms with E-state index in [0.717, 1.165) is 12.1 Å². The van der Waals surface area contributed by atoms with Crippen LogP contribution in [0.1, 0.15) is 11.1 Å². The van der Waals surface area contributed by atoms with Gasteiger partial charge in [0.15, 0.2) is 0 Å². The van der Waals surface area contributed by atoms with Crippen molar-refractivity contribution >= 4 is 5.69 Å². The van der Waals surface area contributed by atoms with Crippen molar-refractivity contribution in [1.29, 1.82) is 0 Å². The van der Waals surface area contributed by atoms with Crippen molar-refractivity contribution in [3.63, 3.8) is 0 Å². The molecule has 2 N–H and O–H groups in total. The average Bonchev–Trinajstić information content (AvgIpc) is 3.09. The van der Waals surface area contributed by atoms with Gasteiger partial charge < -0.3 is 5.73 Å². The molecule has 26 heavy (non-hydrogen) atoms. The molecular formula is C25H21N. The summed E-state index contributed by atoms with van der Waals surface area (Å²) in [6, 6.07) is 35.4. The molecule has 4 aromatic carbocycles. The highest BCUT2D eigenvalue weighted by Gasteiger charge is 2.20. The highest BCUT2D eigenvalue weighted by Crippen LogP contribution is 2.41. The van der Waals surface area contributed by atoms with E-state index in [1.807, 2.05) is 48.5 Å². The number of anilines is 1. The molecule has 5 rings (SSSR count). The Labute approximate surface area is 154 Å². The average molecular weight is 335 g/mol. The second-order valence-corrected chi connectivity index (χ2v) is 6.45. The third kappa shape index (κ3) is 3.25. The molecule has 0 saturated carbocycles. The van der Waals surface area contributed by atoms with Gasteiger partial charge in [0.25, 0.3) is 0 Å². The van der Waals surface area contributed by atoms with Gasteiger partial charge in [0.2, 0.25) is 0 Å². The van der Waals surface area contributed by atoms with Crippen LogP contribution in [0.15, 0.2) is 103 Å². The summed E-state index contributed by atoms with van der Waals surface area (Å²) >= 11 is 0. The van der Waals surface area contributed by atoms with Crippen molar-refractivity contribution < 1.29 is 0 Å². The Kier molecular flexibility index (Phi) is 4.53. The van der Waals surface area contributed by atoms with E-state index in [9.17, 15) is 0 Å². The van der Waals surface area contributed by atoms with Gasteiger partial charge in [-0.05, 0) is 51.9 Å². The van der Waals surface area contributed by atoms with E-state index >= 15 is 0 Å². The number of rotatable bonds is 1. The van der Waals surface area contributed by atoms with Crippen LogP contribution >= 0.6 is 0 Å². The maximum atomic E-state index is 5.93. The zero-order valence-electron chi connectivity index (χ0n) is 14.6. The molecule has 1 aliphatic rings. The summed E-state index contributed by atoms with van der Waals surface area (Å²) in [5.74, 6) is 0. The highest BCUT2D eigenvalue weighted by molar-refractivity contribution is 5.85. The molecule has 1 nitrogen and oxygen atoms in total. The Bertz CT molecular complexity index is 992. The molecule has 1 aliphatic carbocycles. The summed E-state index contributed by atoms with van der Waals surface area (Å²) in [5, 5.41) is 0. The first-order chi connectivity index (χ1) is 12.8. The maximum absolute atomic E-state index is 5.93. The minimum absolute atomic E-state index is 0.815. The minimum atomic E-state index is 0.815. The van der Waals surface area contributed by atoms with Gasteiger partial charge in [0, 0.05) is 5.69 Å². The molecule has 0 aromatic heterocycles. The predicted molar refractivity (Wildman–Crippen MR) is 111 cm³/mol. The number of benzene rings is 4. The van der Waals surface area contributed by atoms with Gasteiger partial charge in [-0.25, -0.2) is 0 Å². The topological polar surface area (TPSA) is 26.0 Å². The fraction of sp³-hybridized carbons (Fsp3) is 0.0400. The second kappa shape index (κ2) is 7.28. The van der Waals surface area contributed by atoms with Gasteiger partial charge in [-0.2, -0.15) is 0 Å². The van der Waals surface area contributed by atoms with Gasteiger partial charge in [-0.15, -0.1) is 0 Å². The molecule has 0 radical (unpaired) electrons. The molecule has 0 saturated heterocycles. The lowest BCUT2D eigenvalue weighted by molar-refractivity contribution is 1.26. The quantitative estimate of drug-likeness (QED) is 0.363. The van der Waals surface area contributed by atoms with Crippen molar-refractivity contribution in [3.8, 4) is 22.3 Å². The summed E-state index contributed by atoms with van der Waals surface area (Å²) in [6.07, 6.45) is 1.01. The first kappa shape index (κ1) is 16.2. The van der Waals surface area contributed by atoms with Gasteiger partial charge in [0.05, 0.1) is 0 Å². The Morgan fingerprint density at radius 2 is 1.15 bits per heavy atom. The number of fused-ring (bicyclic) bond motifs is 3. The Hall–Kier alpha value is -3.32. The van der Waals surface area contributed by atoms with E-state index in [4.69, 9.17) is 5.73 Å². The molecule has 0 spiro atoms. The van der Waals surface area contributed by atoms with Crippen molar-refractivity contribution in [3.05, 3.63) is 114 Å². The summed E-state index contributed by atoms with van der Waals surface area (Å²) in [6.45, 7) is 0. The second-order valence-electron chi connectivity index (χ2n) is 6.45. The molecule has 4 aromatic rings. The lowest BCUT2D eigenvalue weighted by atomic mass is 9.95. The Balaban J connectivity index is 0.000000240. The number of hydrogen-bond donors (Lipinski definition) is 1. The number of nitrogen functional groups attached to an aromatic ring is 1. The van der Waals surface area contributed by atoms with Crippen LogP contribution in [0.4, 0.5) is 5.69 Å². The Morgan fingerprint density at radius 1 is 0.538 bits per heavy atom. The van der Waals surface area contributed by atoms with Gasteiger partial charge in [-0.3, -0.25) is 0 Å². The van der Waals surface area contributed by atoms with E-state index in [0.29, 0.717) is 0 Å². The highest BCUT2D eigenvalue weighted by atomic mass is 14.5. The molecule has 0 amide bonds. The zero-order valence-corrected chi connectivity index (χ0v) is 14.6. The normalized spacial score (nSPS) is 11.1. The molecule has 0 bridgehead atoms. The van der Waals surface area contributed by atoms with Crippen LogP contribution in [-0.2, 0) is 6.42 Å². The van der Waals surface area contributed by atoms with Crippen molar-refractivity contribution in [1.82, 2.24) is 0 Å². The fourth-order valence-electron chi connectivity index (χ4n) is 3.52. The third-order valence-electron chi connectivity index (χ3n) is 4.72. The van der Waals surface area contributed by atoms with Crippen LogP contribution in [0.2, 0.25) is 0 Å². The molecule has 0 atom stereocenters. The summed E-state index contributed by atoms with van der Waals surface area (Å²) in [5.41, 5.74) is 14.8. The van der Waals surface area contributed by atoms with E-state index in [1.165, 1.54) is 33.4 Å².